The van der Waals surface area contributed by atoms with E-state index in [2.05, 4.69) is 10.3 Å². The lowest BCUT2D eigenvalue weighted by atomic mass is 10.1. The second kappa shape index (κ2) is 3.37. The van der Waals surface area contributed by atoms with Crippen molar-refractivity contribution in [3.05, 3.63) is 17.3 Å². The van der Waals surface area contributed by atoms with Crippen molar-refractivity contribution in [2.75, 3.05) is 19.8 Å². The van der Waals surface area contributed by atoms with E-state index in [4.69, 9.17) is 9.15 Å². The average Bonchev–Trinajstić information content (AvgIpc) is 2.86. The fraction of sp³-hybridized carbons (Fsp3) is 0.700. The van der Waals surface area contributed by atoms with E-state index < -0.39 is 0 Å². The molecule has 14 heavy (non-hydrogen) atoms. The van der Waals surface area contributed by atoms with Gasteiger partial charge in [0.05, 0.1) is 18.2 Å². The number of hydrogen-bond acceptors (Lipinski definition) is 4. The Labute approximate surface area is 82.7 Å². The van der Waals surface area contributed by atoms with E-state index in [0.717, 1.165) is 56.5 Å². The maximum atomic E-state index is 5.76. The van der Waals surface area contributed by atoms with Gasteiger partial charge in [0.15, 0.2) is 5.89 Å². The Bertz CT molecular complexity index is 305. The molecule has 1 N–H and O–H groups in total. The highest BCUT2D eigenvalue weighted by atomic mass is 16.5. The Morgan fingerprint density at radius 2 is 2.43 bits per heavy atom. The van der Waals surface area contributed by atoms with E-state index in [-0.39, 0.29) is 0 Å². The van der Waals surface area contributed by atoms with Crippen molar-refractivity contribution in [1.82, 2.24) is 10.3 Å². The van der Waals surface area contributed by atoms with Crippen molar-refractivity contribution in [3.8, 4) is 0 Å². The zero-order valence-corrected chi connectivity index (χ0v) is 8.08. The van der Waals surface area contributed by atoms with Gasteiger partial charge in [0, 0.05) is 26.1 Å². The summed E-state index contributed by atoms with van der Waals surface area (Å²) in [4.78, 5) is 4.52. The van der Waals surface area contributed by atoms with Crippen LogP contribution in [0.4, 0.5) is 0 Å². The number of nitrogens with one attached hydrogen (secondary N) is 1. The summed E-state index contributed by atoms with van der Waals surface area (Å²) >= 11 is 0. The average molecular weight is 194 g/mol. The van der Waals surface area contributed by atoms with E-state index in [1.165, 1.54) is 0 Å². The molecule has 3 rings (SSSR count). The molecule has 2 aliphatic rings. The largest absolute Gasteiger partial charge is 0.445 e. The Hall–Kier alpha value is -0.870. The van der Waals surface area contributed by atoms with Gasteiger partial charge in [-0.3, -0.25) is 0 Å². The molecule has 1 aromatic heterocycles. The lowest BCUT2D eigenvalue weighted by Crippen LogP contribution is -2.22. The zero-order chi connectivity index (χ0) is 9.38. The molecular weight excluding hydrogens is 180 g/mol. The first kappa shape index (κ1) is 8.44. The lowest BCUT2D eigenvalue weighted by molar-refractivity contribution is 0.190. The number of hydrogen-bond donors (Lipinski definition) is 1. The quantitative estimate of drug-likeness (QED) is 0.719. The molecule has 1 atom stereocenters. The van der Waals surface area contributed by atoms with Gasteiger partial charge in [-0.2, -0.15) is 0 Å². The molecule has 0 bridgehead atoms. The molecule has 0 radical (unpaired) electrons. The number of fused-ring (bicyclic) bond motifs is 1. The van der Waals surface area contributed by atoms with Gasteiger partial charge in [-0.15, -0.1) is 0 Å². The number of rotatable bonds is 1. The molecule has 1 aromatic rings. The molecule has 0 aliphatic carbocycles. The smallest absolute Gasteiger partial charge is 0.200 e. The first-order valence-electron chi connectivity index (χ1n) is 5.20. The molecule has 0 saturated carbocycles. The van der Waals surface area contributed by atoms with Crippen LogP contribution in [0.2, 0.25) is 0 Å². The monoisotopic (exact) mass is 194 g/mol. The Kier molecular flexibility index (Phi) is 2.03. The van der Waals surface area contributed by atoms with Crippen molar-refractivity contribution in [1.29, 1.82) is 0 Å². The first-order valence-corrected chi connectivity index (χ1v) is 5.20. The summed E-state index contributed by atoms with van der Waals surface area (Å²) in [5.74, 6) is 2.35. The third-order valence-corrected chi connectivity index (χ3v) is 2.90. The molecule has 76 valence electrons. The summed E-state index contributed by atoms with van der Waals surface area (Å²) in [6.07, 6.45) is 2.02. The van der Waals surface area contributed by atoms with Crippen molar-refractivity contribution in [2.45, 2.75) is 25.3 Å². The van der Waals surface area contributed by atoms with E-state index in [1.54, 1.807) is 0 Å². The van der Waals surface area contributed by atoms with Crippen LogP contribution in [0.5, 0.6) is 0 Å². The topological polar surface area (TPSA) is 47.3 Å². The Morgan fingerprint density at radius 3 is 3.21 bits per heavy atom. The van der Waals surface area contributed by atoms with Gasteiger partial charge in [-0.05, 0) is 6.42 Å². The lowest BCUT2D eigenvalue weighted by Gasteiger charge is -2.08. The maximum Gasteiger partial charge on any atom is 0.200 e. The first-order chi connectivity index (χ1) is 6.93. The van der Waals surface area contributed by atoms with E-state index in [9.17, 15) is 0 Å². The summed E-state index contributed by atoms with van der Waals surface area (Å²) in [7, 11) is 0. The molecule has 3 heterocycles. The fourth-order valence-corrected chi connectivity index (χ4v) is 2.05. The van der Waals surface area contributed by atoms with Gasteiger partial charge < -0.3 is 14.5 Å². The van der Waals surface area contributed by atoms with Crippen LogP contribution >= 0.6 is 0 Å². The summed E-state index contributed by atoms with van der Waals surface area (Å²) in [6, 6.07) is 0. The van der Waals surface area contributed by atoms with Crippen LogP contribution in [0.3, 0.4) is 0 Å². The number of nitrogens with zero attached hydrogens (tertiary/aromatic N) is 1. The van der Waals surface area contributed by atoms with Crippen LogP contribution in [0.1, 0.15) is 29.7 Å². The third kappa shape index (κ3) is 1.35. The van der Waals surface area contributed by atoms with Gasteiger partial charge in [0.1, 0.15) is 5.76 Å². The standard InChI is InChI=1S/C10H14N2O2/c1-3-11-5-8-9(1)14-10(12-8)7-2-4-13-6-7/h7,11H,1-6H2. The summed E-state index contributed by atoms with van der Waals surface area (Å²) < 4.78 is 11.1. The molecule has 1 fully saturated rings. The molecule has 1 unspecified atom stereocenters. The number of oxazole rings is 1. The van der Waals surface area contributed by atoms with Gasteiger partial charge in [-0.25, -0.2) is 4.98 Å². The Morgan fingerprint density at radius 1 is 1.43 bits per heavy atom. The van der Waals surface area contributed by atoms with Gasteiger partial charge >= 0.3 is 0 Å². The van der Waals surface area contributed by atoms with Gasteiger partial charge in [-0.1, -0.05) is 0 Å². The normalized spacial score (nSPS) is 26.4. The molecule has 0 amide bonds. The van der Waals surface area contributed by atoms with Crippen LogP contribution in [0.25, 0.3) is 0 Å². The minimum atomic E-state index is 0.389. The molecule has 1 saturated heterocycles. The fourth-order valence-electron chi connectivity index (χ4n) is 2.05. The van der Waals surface area contributed by atoms with Crippen LogP contribution in [-0.4, -0.2) is 24.7 Å². The summed E-state index contributed by atoms with van der Waals surface area (Å²) in [5, 5.41) is 3.29. The predicted molar refractivity (Wildman–Crippen MR) is 50.1 cm³/mol. The zero-order valence-electron chi connectivity index (χ0n) is 8.08. The summed E-state index contributed by atoms with van der Waals surface area (Å²) in [6.45, 7) is 3.47. The predicted octanol–water partition coefficient (Wildman–Crippen LogP) is 0.824. The molecule has 4 heteroatoms. The molecule has 0 aromatic carbocycles. The van der Waals surface area contributed by atoms with E-state index in [1.807, 2.05) is 0 Å². The highest BCUT2D eigenvalue weighted by molar-refractivity contribution is 5.15. The molecular formula is C10H14N2O2. The van der Waals surface area contributed by atoms with Gasteiger partial charge in [0.25, 0.3) is 0 Å². The molecule has 4 nitrogen and oxygen atoms in total. The highest BCUT2D eigenvalue weighted by Gasteiger charge is 2.25. The van der Waals surface area contributed by atoms with Crippen LogP contribution in [-0.2, 0) is 17.7 Å². The van der Waals surface area contributed by atoms with Crippen molar-refractivity contribution >= 4 is 0 Å². The van der Waals surface area contributed by atoms with Crippen molar-refractivity contribution in [3.63, 3.8) is 0 Å². The van der Waals surface area contributed by atoms with Crippen molar-refractivity contribution < 1.29 is 9.15 Å². The van der Waals surface area contributed by atoms with E-state index in [0.29, 0.717) is 5.92 Å². The van der Waals surface area contributed by atoms with Gasteiger partial charge in [0.2, 0.25) is 0 Å². The van der Waals surface area contributed by atoms with Crippen LogP contribution in [0.15, 0.2) is 4.42 Å². The van der Waals surface area contributed by atoms with Crippen molar-refractivity contribution in [2.24, 2.45) is 0 Å². The minimum absolute atomic E-state index is 0.389. The van der Waals surface area contributed by atoms with Crippen LogP contribution < -0.4 is 5.32 Å². The Balaban J connectivity index is 1.87. The molecule has 2 aliphatic heterocycles. The third-order valence-electron chi connectivity index (χ3n) is 2.90. The summed E-state index contributed by atoms with van der Waals surface area (Å²) in [5.41, 5.74) is 1.10. The number of ether oxygens (including phenoxy) is 1. The minimum Gasteiger partial charge on any atom is -0.445 e. The highest BCUT2D eigenvalue weighted by Crippen LogP contribution is 2.27. The second-order valence-corrected chi connectivity index (χ2v) is 3.91. The second-order valence-electron chi connectivity index (χ2n) is 3.91. The SMILES string of the molecule is C1Cc2oc(C3CCOC3)nc2CN1. The molecule has 0 spiro atoms. The van der Waals surface area contributed by atoms with E-state index >= 15 is 0 Å². The number of aromatic nitrogens is 1. The maximum absolute atomic E-state index is 5.76. The van der Waals surface area contributed by atoms with Crippen LogP contribution in [0, 0.1) is 0 Å².